The van der Waals surface area contributed by atoms with Crippen molar-refractivity contribution in [3.8, 4) is 0 Å². The molecule has 1 N–H and O–H groups in total. The minimum atomic E-state index is -0.0220. The van der Waals surface area contributed by atoms with Crippen molar-refractivity contribution in [2.24, 2.45) is 0 Å². The minimum Gasteiger partial charge on any atom is -0.335 e. The molecule has 1 aromatic carbocycles. The number of thioether (sulfide) groups is 1. The van der Waals surface area contributed by atoms with Crippen LogP contribution in [0.4, 0.5) is 10.5 Å². The van der Waals surface area contributed by atoms with Gasteiger partial charge in [-0.25, -0.2) is 9.78 Å². The summed E-state index contributed by atoms with van der Waals surface area (Å²) in [7, 11) is 0. The Balaban J connectivity index is 1.64. The summed E-state index contributed by atoms with van der Waals surface area (Å²) in [5, 5.41) is 3.01. The van der Waals surface area contributed by atoms with Crippen LogP contribution in [0.25, 0.3) is 0 Å². The molecule has 6 heteroatoms. The van der Waals surface area contributed by atoms with Crippen molar-refractivity contribution >= 4 is 23.5 Å². The Morgan fingerprint density at radius 1 is 1.38 bits per heavy atom. The Bertz CT molecular complexity index is 683. The number of urea groups is 1. The third-order valence-corrected chi connectivity index (χ3v) is 5.25. The average molecular weight is 344 g/mol. The molecular weight excluding hydrogens is 320 g/mol. The Hall–Kier alpha value is -1.95. The number of amides is 2. The maximum atomic E-state index is 12.6. The molecule has 24 heavy (non-hydrogen) atoms. The number of carbonyl (C=O) groups excluding carboxylic acids is 1. The van der Waals surface area contributed by atoms with Gasteiger partial charge in [-0.3, -0.25) is 0 Å². The van der Waals surface area contributed by atoms with Crippen LogP contribution < -0.4 is 5.32 Å². The maximum Gasteiger partial charge on any atom is 0.321 e. The van der Waals surface area contributed by atoms with Crippen LogP contribution in [0.1, 0.15) is 31.5 Å². The number of anilines is 1. The molecule has 0 aliphatic carbocycles. The van der Waals surface area contributed by atoms with Gasteiger partial charge >= 0.3 is 6.03 Å². The van der Waals surface area contributed by atoms with E-state index in [1.165, 1.54) is 4.90 Å². The molecule has 2 amide bonds. The number of rotatable bonds is 4. The first-order valence-electron chi connectivity index (χ1n) is 8.42. The number of nitrogens with zero attached hydrogens (tertiary/aromatic N) is 3. The normalized spacial score (nSPS) is 17.8. The fourth-order valence-electron chi connectivity index (χ4n) is 3.20. The van der Waals surface area contributed by atoms with Crippen molar-refractivity contribution in [2.45, 2.75) is 37.1 Å². The van der Waals surface area contributed by atoms with Crippen molar-refractivity contribution in [3.05, 3.63) is 42.5 Å². The summed E-state index contributed by atoms with van der Waals surface area (Å²) < 4.78 is 2.17. The highest BCUT2D eigenvalue weighted by molar-refractivity contribution is 7.98. The lowest BCUT2D eigenvalue weighted by molar-refractivity contribution is 0.190. The van der Waals surface area contributed by atoms with E-state index in [-0.39, 0.29) is 6.03 Å². The molecule has 1 saturated heterocycles. The fraction of sp³-hybridized carbons (Fsp3) is 0.444. The van der Waals surface area contributed by atoms with Crippen LogP contribution in [0.15, 0.2) is 41.6 Å². The zero-order chi connectivity index (χ0) is 16.9. The number of hydrogen-bond acceptors (Lipinski definition) is 3. The van der Waals surface area contributed by atoms with E-state index in [9.17, 15) is 4.79 Å². The smallest absolute Gasteiger partial charge is 0.321 e. The van der Waals surface area contributed by atoms with Crippen molar-refractivity contribution in [1.29, 1.82) is 0 Å². The zero-order valence-electron chi connectivity index (χ0n) is 14.2. The molecule has 0 saturated carbocycles. The third kappa shape index (κ3) is 3.75. The van der Waals surface area contributed by atoms with E-state index in [1.54, 1.807) is 11.8 Å². The second kappa shape index (κ2) is 7.75. The number of imidazole rings is 1. The number of nitrogens with one attached hydrogen (secondary N) is 1. The number of piperidine rings is 1. The lowest BCUT2D eigenvalue weighted by atomic mass is 9.97. The molecular formula is C18H24N4OS. The van der Waals surface area contributed by atoms with Gasteiger partial charge < -0.3 is 14.8 Å². The van der Waals surface area contributed by atoms with E-state index in [0.29, 0.717) is 5.92 Å². The highest BCUT2D eigenvalue weighted by atomic mass is 32.2. The van der Waals surface area contributed by atoms with Crippen molar-refractivity contribution in [2.75, 3.05) is 24.7 Å². The zero-order valence-corrected chi connectivity index (χ0v) is 15.1. The van der Waals surface area contributed by atoms with Crippen LogP contribution in [-0.2, 0) is 6.54 Å². The summed E-state index contributed by atoms with van der Waals surface area (Å²) in [5.74, 6) is 1.41. The standard InChI is InChI=1S/C18H24N4OS/c1-3-21-12-10-19-17(21)14-5-4-11-22(13-14)18(23)20-15-6-8-16(24-2)9-7-15/h6-10,12,14H,3-5,11,13H2,1-2H3,(H,20,23)/t14-/m0/s1. The highest BCUT2D eigenvalue weighted by Gasteiger charge is 2.27. The van der Waals surface area contributed by atoms with Crippen LogP contribution >= 0.6 is 11.8 Å². The van der Waals surface area contributed by atoms with Gasteiger partial charge in [0, 0.05) is 48.5 Å². The lowest BCUT2D eigenvalue weighted by Gasteiger charge is -2.32. The molecule has 2 aromatic rings. The van der Waals surface area contributed by atoms with Crippen molar-refractivity contribution in [3.63, 3.8) is 0 Å². The van der Waals surface area contributed by atoms with E-state index in [2.05, 4.69) is 21.8 Å². The second-order valence-electron chi connectivity index (χ2n) is 6.02. The Kier molecular flexibility index (Phi) is 5.45. The molecule has 3 rings (SSSR count). The Labute approximate surface area is 147 Å². The first-order chi connectivity index (χ1) is 11.7. The van der Waals surface area contributed by atoms with E-state index < -0.39 is 0 Å². The summed E-state index contributed by atoms with van der Waals surface area (Å²) >= 11 is 1.69. The monoisotopic (exact) mass is 344 g/mol. The molecule has 1 aromatic heterocycles. The predicted molar refractivity (Wildman–Crippen MR) is 98.7 cm³/mol. The van der Waals surface area contributed by atoms with Crippen molar-refractivity contribution in [1.82, 2.24) is 14.5 Å². The quantitative estimate of drug-likeness (QED) is 0.852. The number of aryl methyl sites for hydroxylation is 1. The van der Waals surface area contributed by atoms with Gasteiger partial charge in [-0.2, -0.15) is 0 Å². The molecule has 5 nitrogen and oxygen atoms in total. The number of benzene rings is 1. The maximum absolute atomic E-state index is 12.6. The first-order valence-corrected chi connectivity index (χ1v) is 9.64. The molecule has 1 aliphatic rings. The molecule has 128 valence electrons. The molecule has 2 heterocycles. The molecule has 1 fully saturated rings. The van der Waals surface area contributed by atoms with Gasteiger partial charge in [-0.05, 0) is 50.3 Å². The molecule has 1 atom stereocenters. The number of hydrogen-bond donors (Lipinski definition) is 1. The molecule has 0 spiro atoms. The molecule has 0 bridgehead atoms. The summed E-state index contributed by atoms with van der Waals surface area (Å²) in [6.45, 7) is 4.57. The van der Waals surface area contributed by atoms with Crippen molar-refractivity contribution < 1.29 is 4.79 Å². The molecule has 0 unspecified atom stereocenters. The van der Waals surface area contributed by atoms with Gasteiger partial charge in [0.15, 0.2) is 0 Å². The highest BCUT2D eigenvalue weighted by Crippen LogP contribution is 2.26. The van der Waals surface area contributed by atoms with Crippen LogP contribution in [0.2, 0.25) is 0 Å². The van der Waals surface area contributed by atoms with Gasteiger partial charge in [0.05, 0.1) is 0 Å². The minimum absolute atomic E-state index is 0.0220. The van der Waals surface area contributed by atoms with Crippen LogP contribution in [0, 0.1) is 0 Å². The average Bonchev–Trinajstić information content (AvgIpc) is 3.11. The third-order valence-electron chi connectivity index (χ3n) is 4.50. The number of likely N-dealkylation sites (tertiary alicyclic amines) is 1. The SMILES string of the molecule is CCn1ccnc1[C@H]1CCCN(C(=O)Nc2ccc(SC)cc2)C1. The fourth-order valence-corrected chi connectivity index (χ4v) is 3.61. The van der Waals surface area contributed by atoms with E-state index in [1.807, 2.05) is 47.8 Å². The summed E-state index contributed by atoms with van der Waals surface area (Å²) in [6.07, 6.45) is 8.01. The van der Waals surface area contributed by atoms with Gasteiger partial charge in [-0.1, -0.05) is 0 Å². The van der Waals surface area contributed by atoms with E-state index >= 15 is 0 Å². The Morgan fingerprint density at radius 3 is 2.88 bits per heavy atom. The Morgan fingerprint density at radius 2 is 2.17 bits per heavy atom. The molecule has 1 aliphatic heterocycles. The number of aromatic nitrogens is 2. The van der Waals surface area contributed by atoms with Crippen LogP contribution in [-0.4, -0.2) is 39.8 Å². The van der Waals surface area contributed by atoms with Gasteiger partial charge in [0.2, 0.25) is 0 Å². The predicted octanol–water partition coefficient (Wildman–Crippen LogP) is 4.04. The second-order valence-corrected chi connectivity index (χ2v) is 6.89. The van der Waals surface area contributed by atoms with Gasteiger partial charge in [-0.15, -0.1) is 11.8 Å². The lowest BCUT2D eigenvalue weighted by Crippen LogP contribution is -2.42. The van der Waals surface area contributed by atoms with Crippen LogP contribution in [0.3, 0.4) is 0 Å². The summed E-state index contributed by atoms with van der Waals surface area (Å²) in [6, 6.07) is 7.93. The first kappa shape index (κ1) is 16.9. The van der Waals surface area contributed by atoms with E-state index in [4.69, 9.17) is 0 Å². The van der Waals surface area contributed by atoms with Crippen LogP contribution in [0.5, 0.6) is 0 Å². The molecule has 0 radical (unpaired) electrons. The number of carbonyl (C=O) groups is 1. The largest absolute Gasteiger partial charge is 0.335 e. The van der Waals surface area contributed by atoms with Gasteiger partial charge in [0.25, 0.3) is 0 Å². The summed E-state index contributed by atoms with van der Waals surface area (Å²) in [4.78, 5) is 20.2. The van der Waals surface area contributed by atoms with Gasteiger partial charge in [0.1, 0.15) is 5.82 Å². The summed E-state index contributed by atoms with van der Waals surface area (Å²) in [5.41, 5.74) is 0.843. The topological polar surface area (TPSA) is 50.2 Å². The van der Waals surface area contributed by atoms with E-state index in [0.717, 1.165) is 44.0 Å².